The van der Waals surface area contributed by atoms with Gasteiger partial charge in [-0.3, -0.25) is 20.4 Å². The van der Waals surface area contributed by atoms with E-state index in [0.717, 1.165) is 5.69 Å². The highest BCUT2D eigenvalue weighted by atomic mass is 32.1. The molecule has 0 fully saturated rings. The van der Waals surface area contributed by atoms with E-state index in [9.17, 15) is 9.59 Å². The normalized spacial score (nSPS) is 11.0. The second kappa shape index (κ2) is 10.5. The van der Waals surface area contributed by atoms with Crippen LogP contribution in [0.15, 0.2) is 30.3 Å². The minimum absolute atomic E-state index is 0. The van der Waals surface area contributed by atoms with Crippen molar-refractivity contribution in [1.82, 2.24) is 16.2 Å². The van der Waals surface area contributed by atoms with Crippen LogP contribution in [0.3, 0.4) is 0 Å². The topological polar surface area (TPSA) is 114 Å². The van der Waals surface area contributed by atoms with Crippen molar-refractivity contribution < 1.29 is 15.1 Å². The van der Waals surface area contributed by atoms with Crippen LogP contribution in [0.1, 0.15) is 27.2 Å². The zero-order valence-corrected chi connectivity index (χ0v) is 14.3. The Labute approximate surface area is 141 Å². The van der Waals surface area contributed by atoms with Gasteiger partial charge in [-0.1, -0.05) is 32.0 Å². The van der Waals surface area contributed by atoms with Gasteiger partial charge in [0.15, 0.2) is 5.11 Å². The van der Waals surface area contributed by atoms with Gasteiger partial charge in [-0.25, -0.2) is 0 Å². The van der Waals surface area contributed by atoms with E-state index in [2.05, 4.69) is 21.5 Å². The molecule has 0 radical (unpaired) electrons. The summed E-state index contributed by atoms with van der Waals surface area (Å²) in [5, 5.41) is 5.83. The number of anilines is 1. The highest BCUT2D eigenvalue weighted by Crippen LogP contribution is 2.05. The maximum Gasteiger partial charge on any atom is 0.260 e. The summed E-state index contributed by atoms with van der Waals surface area (Å²) < 4.78 is 0. The Bertz CT molecular complexity index is 523. The molecule has 7 nitrogen and oxygen atoms in total. The number of hydrogen-bond acceptors (Lipinski definition) is 3. The first-order valence-electron chi connectivity index (χ1n) is 7.07. The van der Waals surface area contributed by atoms with Crippen LogP contribution >= 0.6 is 12.2 Å². The zero-order valence-electron chi connectivity index (χ0n) is 13.5. The minimum atomic E-state index is -0.593. The SMILES string of the molecule is CC(=O)N[C@@H](CC(C)C)C(=O)NNC(=S)Nc1ccccc1.O. The number of hydrogen-bond donors (Lipinski definition) is 4. The van der Waals surface area contributed by atoms with Crippen molar-refractivity contribution in [3.05, 3.63) is 30.3 Å². The fourth-order valence-corrected chi connectivity index (χ4v) is 2.01. The number of hydrazine groups is 1. The number of rotatable bonds is 5. The highest BCUT2D eigenvalue weighted by Gasteiger charge is 2.20. The Morgan fingerprint density at radius 1 is 1.13 bits per heavy atom. The van der Waals surface area contributed by atoms with E-state index in [4.69, 9.17) is 12.2 Å². The molecule has 1 rings (SSSR count). The van der Waals surface area contributed by atoms with Crippen LogP contribution in [0, 0.1) is 5.92 Å². The van der Waals surface area contributed by atoms with E-state index in [0.29, 0.717) is 6.42 Å². The zero-order chi connectivity index (χ0) is 16.5. The lowest BCUT2D eigenvalue weighted by atomic mass is 10.0. The molecule has 1 aromatic rings. The molecule has 1 atom stereocenters. The first-order chi connectivity index (χ1) is 10.4. The van der Waals surface area contributed by atoms with Crippen molar-refractivity contribution in [3.63, 3.8) is 0 Å². The molecule has 2 amide bonds. The lowest BCUT2D eigenvalue weighted by Crippen LogP contribution is -2.53. The molecule has 23 heavy (non-hydrogen) atoms. The average Bonchev–Trinajstić information content (AvgIpc) is 2.44. The lowest BCUT2D eigenvalue weighted by Gasteiger charge is -2.20. The Balaban J connectivity index is 0.00000484. The van der Waals surface area contributed by atoms with Crippen LogP contribution in [0.4, 0.5) is 5.69 Å². The van der Waals surface area contributed by atoms with E-state index in [-0.39, 0.29) is 28.3 Å². The lowest BCUT2D eigenvalue weighted by molar-refractivity contribution is -0.128. The number of nitrogens with one attached hydrogen (secondary N) is 4. The van der Waals surface area contributed by atoms with Crippen molar-refractivity contribution >= 4 is 34.8 Å². The minimum Gasteiger partial charge on any atom is -0.412 e. The van der Waals surface area contributed by atoms with E-state index < -0.39 is 6.04 Å². The molecule has 0 heterocycles. The smallest absolute Gasteiger partial charge is 0.260 e. The van der Waals surface area contributed by atoms with Gasteiger partial charge in [-0.05, 0) is 36.7 Å². The van der Waals surface area contributed by atoms with Gasteiger partial charge in [0.05, 0.1) is 0 Å². The highest BCUT2D eigenvalue weighted by molar-refractivity contribution is 7.80. The molecule has 0 aromatic heterocycles. The molecular weight excluding hydrogens is 316 g/mol. The fraction of sp³-hybridized carbons (Fsp3) is 0.400. The van der Waals surface area contributed by atoms with E-state index in [1.807, 2.05) is 44.2 Å². The summed E-state index contributed by atoms with van der Waals surface area (Å²) in [5.74, 6) is -0.302. The molecule has 0 bridgehead atoms. The molecule has 0 unspecified atom stereocenters. The molecule has 6 N–H and O–H groups in total. The maximum absolute atomic E-state index is 12.1. The fourth-order valence-electron chi connectivity index (χ4n) is 1.84. The van der Waals surface area contributed by atoms with Crippen LogP contribution in [0.2, 0.25) is 0 Å². The van der Waals surface area contributed by atoms with Gasteiger partial charge in [0.1, 0.15) is 6.04 Å². The van der Waals surface area contributed by atoms with Crippen LogP contribution in [-0.2, 0) is 9.59 Å². The van der Waals surface area contributed by atoms with Crippen LogP contribution in [0.5, 0.6) is 0 Å². The molecule has 0 aliphatic carbocycles. The first-order valence-corrected chi connectivity index (χ1v) is 7.48. The van der Waals surface area contributed by atoms with Crippen LogP contribution in [-0.4, -0.2) is 28.4 Å². The Kier molecular flexibility index (Phi) is 9.52. The summed E-state index contributed by atoms with van der Waals surface area (Å²) in [7, 11) is 0. The number of thiocarbonyl (C=S) groups is 1. The summed E-state index contributed by atoms with van der Waals surface area (Å²) >= 11 is 5.09. The Hall–Kier alpha value is -2.19. The van der Waals surface area contributed by atoms with Crippen LogP contribution in [0.25, 0.3) is 0 Å². The van der Waals surface area contributed by atoms with E-state index in [1.165, 1.54) is 6.92 Å². The van der Waals surface area contributed by atoms with Gasteiger partial charge in [-0.15, -0.1) is 0 Å². The largest absolute Gasteiger partial charge is 0.412 e. The van der Waals surface area contributed by atoms with Crippen molar-refractivity contribution in [2.75, 3.05) is 5.32 Å². The molecule has 0 saturated heterocycles. The van der Waals surface area contributed by atoms with Gasteiger partial charge in [0, 0.05) is 12.6 Å². The van der Waals surface area contributed by atoms with Gasteiger partial charge >= 0.3 is 0 Å². The van der Waals surface area contributed by atoms with Gasteiger partial charge < -0.3 is 16.1 Å². The number of para-hydroxylation sites is 1. The van der Waals surface area contributed by atoms with Crippen molar-refractivity contribution in [3.8, 4) is 0 Å². The third-order valence-corrected chi connectivity index (χ3v) is 2.94. The molecule has 0 aliphatic heterocycles. The summed E-state index contributed by atoms with van der Waals surface area (Å²) in [6.07, 6.45) is 0.548. The first kappa shape index (κ1) is 20.8. The summed E-state index contributed by atoms with van der Waals surface area (Å²) in [5.41, 5.74) is 5.95. The van der Waals surface area contributed by atoms with Gasteiger partial charge in [0.2, 0.25) is 5.91 Å². The van der Waals surface area contributed by atoms with Crippen molar-refractivity contribution in [2.24, 2.45) is 5.92 Å². The van der Waals surface area contributed by atoms with E-state index in [1.54, 1.807) is 0 Å². The summed E-state index contributed by atoms with van der Waals surface area (Å²) in [6.45, 7) is 5.35. The van der Waals surface area contributed by atoms with Crippen LogP contribution < -0.4 is 21.5 Å². The number of carbonyl (C=O) groups is 2. The predicted octanol–water partition coefficient (Wildman–Crippen LogP) is 0.730. The third kappa shape index (κ3) is 8.74. The Morgan fingerprint density at radius 2 is 1.74 bits per heavy atom. The average molecular weight is 340 g/mol. The monoisotopic (exact) mass is 340 g/mol. The van der Waals surface area contributed by atoms with Gasteiger partial charge in [-0.2, -0.15) is 0 Å². The number of amides is 2. The Morgan fingerprint density at radius 3 is 2.26 bits per heavy atom. The standard InChI is InChI=1S/C15H22N4O2S.H2O/c1-10(2)9-13(16-11(3)20)14(21)18-19-15(22)17-12-7-5-4-6-8-12;/h4-8,10,13H,9H2,1-3H3,(H,16,20)(H,18,21)(H2,17,19,22);1H2/t13-;/m0./s1. The summed E-state index contributed by atoms with van der Waals surface area (Å²) in [4.78, 5) is 23.3. The second-order valence-electron chi connectivity index (χ2n) is 5.32. The number of carbonyl (C=O) groups excluding carboxylic acids is 2. The van der Waals surface area contributed by atoms with Gasteiger partial charge in [0.25, 0.3) is 5.91 Å². The number of benzene rings is 1. The molecule has 128 valence electrons. The second-order valence-corrected chi connectivity index (χ2v) is 5.73. The molecular formula is C15H24N4O3S. The van der Waals surface area contributed by atoms with E-state index >= 15 is 0 Å². The molecule has 0 spiro atoms. The molecule has 1 aromatic carbocycles. The maximum atomic E-state index is 12.1. The molecule has 0 aliphatic rings. The van der Waals surface area contributed by atoms with Crippen molar-refractivity contribution in [1.29, 1.82) is 0 Å². The summed E-state index contributed by atoms with van der Waals surface area (Å²) in [6, 6.07) is 8.76. The quantitative estimate of drug-likeness (QED) is 0.466. The molecule has 8 heteroatoms. The van der Waals surface area contributed by atoms with Crippen molar-refractivity contribution in [2.45, 2.75) is 33.2 Å². The predicted molar refractivity (Wildman–Crippen MR) is 94.6 cm³/mol. The molecule has 0 saturated carbocycles. The third-order valence-electron chi connectivity index (χ3n) is 2.73.